The van der Waals surface area contributed by atoms with Crippen LogP contribution >= 0.6 is 0 Å². The van der Waals surface area contributed by atoms with Gasteiger partial charge in [0.25, 0.3) is 0 Å². The number of nitrogens with one attached hydrogen (secondary N) is 2. The summed E-state index contributed by atoms with van der Waals surface area (Å²) in [5, 5.41) is 7.95. The number of hydrazone groups is 2. The second-order valence-corrected chi connectivity index (χ2v) is 7.31. The van der Waals surface area contributed by atoms with Gasteiger partial charge in [0.1, 0.15) is 0 Å². The standard InChI is InChI=1S/C22H42N4O2/c1-3-5-7-11-15-19-23-25-21(27)17-13-9-10-14-18-22(28)26-24-20-16-12-8-6-4-2/h19-20H,3-18H2,1-2H3,(H,25,27)(H,26,28). The minimum absolute atomic E-state index is 0.0316. The molecule has 0 radical (unpaired) electrons. The molecule has 28 heavy (non-hydrogen) atoms. The van der Waals surface area contributed by atoms with Crippen molar-refractivity contribution in [2.45, 2.75) is 117 Å². The molecule has 0 aliphatic rings. The molecule has 0 rings (SSSR count). The van der Waals surface area contributed by atoms with Crippen molar-refractivity contribution >= 4 is 24.2 Å². The van der Waals surface area contributed by atoms with Crippen LogP contribution in [-0.2, 0) is 9.59 Å². The normalized spacial score (nSPS) is 11.4. The molecule has 0 aromatic heterocycles. The van der Waals surface area contributed by atoms with Crippen molar-refractivity contribution in [3.63, 3.8) is 0 Å². The summed E-state index contributed by atoms with van der Waals surface area (Å²) in [6.45, 7) is 4.38. The molecule has 0 bridgehead atoms. The van der Waals surface area contributed by atoms with E-state index in [4.69, 9.17) is 0 Å². The molecule has 162 valence electrons. The first-order chi connectivity index (χ1) is 13.7. The third-order valence-electron chi connectivity index (χ3n) is 4.49. The van der Waals surface area contributed by atoms with Gasteiger partial charge in [-0.3, -0.25) is 9.59 Å². The van der Waals surface area contributed by atoms with E-state index in [-0.39, 0.29) is 11.8 Å². The van der Waals surface area contributed by atoms with Crippen LogP contribution in [0.1, 0.15) is 117 Å². The van der Waals surface area contributed by atoms with Crippen molar-refractivity contribution in [2.24, 2.45) is 10.2 Å². The molecule has 6 heteroatoms. The smallest absolute Gasteiger partial charge is 0.240 e. The Bertz CT molecular complexity index is 396. The molecule has 0 saturated heterocycles. The monoisotopic (exact) mass is 394 g/mol. The molecular formula is C22H42N4O2. The Labute approximate surface area is 172 Å². The van der Waals surface area contributed by atoms with Crippen LogP contribution in [-0.4, -0.2) is 24.2 Å². The number of hydrogen-bond acceptors (Lipinski definition) is 4. The lowest BCUT2D eigenvalue weighted by atomic mass is 10.1. The highest BCUT2D eigenvalue weighted by atomic mass is 16.2. The second-order valence-electron chi connectivity index (χ2n) is 7.31. The summed E-state index contributed by atoms with van der Waals surface area (Å²) in [6, 6.07) is 0. The second kappa shape index (κ2) is 21.6. The fourth-order valence-corrected chi connectivity index (χ4v) is 2.73. The van der Waals surface area contributed by atoms with Crippen LogP contribution in [0.3, 0.4) is 0 Å². The average molecular weight is 395 g/mol. The number of carbonyl (C=O) groups excluding carboxylic acids is 2. The Morgan fingerprint density at radius 3 is 1.39 bits per heavy atom. The summed E-state index contributed by atoms with van der Waals surface area (Å²) in [4.78, 5) is 23.3. The molecule has 0 fully saturated rings. The zero-order valence-electron chi connectivity index (χ0n) is 18.2. The first-order valence-electron chi connectivity index (χ1n) is 11.3. The number of hydrogen-bond donors (Lipinski definition) is 2. The van der Waals surface area contributed by atoms with E-state index in [9.17, 15) is 9.59 Å². The van der Waals surface area contributed by atoms with Gasteiger partial charge in [-0.25, -0.2) is 10.9 Å². The summed E-state index contributed by atoms with van der Waals surface area (Å²) < 4.78 is 0. The van der Waals surface area contributed by atoms with Gasteiger partial charge in [-0.05, 0) is 38.5 Å². The lowest BCUT2D eigenvalue weighted by Crippen LogP contribution is -2.17. The highest BCUT2D eigenvalue weighted by Crippen LogP contribution is 2.06. The van der Waals surface area contributed by atoms with Gasteiger partial charge in [0.15, 0.2) is 0 Å². The van der Waals surface area contributed by atoms with E-state index in [1.54, 1.807) is 12.4 Å². The predicted molar refractivity (Wildman–Crippen MR) is 118 cm³/mol. The van der Waals surface area contributed by atoms with Crippen LogP contribution in [0.4, 0.5) is 0 Å². The number of nitrogens with zero attached hydrogens (tertiary/aromatic N) is 2. The Kier molecular flexibility index (Phi) is 20.3. The maximum Gasteiger partial charge on any atom is 0.240 e. The summed E-state index contributed by atoms with van der Waals surface area (Å²) in [5.41, 5.74) is 5.16. The van der Waals surface area contributed by atoms with Crippen molar-refractivity contribution in [3.8, 4) is 0 Å². The summed E-state index contributed by atoms with van der Waals surface area (Å²) in [5.74, 6) is -0.0633. The van der Waals surface area contributed by atoms with Crippen LogP contribution < -0.4 is 10.9 Å². The maximum atomic E-state index is 11.6. The van der Waals surface area contributed by atoms with Gasteiger partial charge in [0, 0.05) is 25.3 Å². The maximum absolute atomic E-state index is 11.6. The zero-order chi connectivity index (χ0) is 20.7. The fraction of sp³-hybridized carbons (Fsp3) is 0.818. The van der Waals surface area contributed by atoms with Gasteiger partial charge in [0.2, 0.25) is 11.8 Å². The minimum Gasteiger partial charge on any atom is -0.273 e. The Morgan fingerprint density at radius 2 is 1.00 bits per heavy atom. The predicted octanol–water partition coefficient (Wildman–Crippen LogP) is 5.47. The van der Waals surface area contributed by atoms with Gasteiger partial charge in [-0.1, -0.05) is 65.2 Å². The fourth-order valence-electron chi connectivity index (χ4n) is 2.73. The van der Waals surface area contributed by atoms with Crippen LogP contribution in [0, 0.1) is 0 Å². The summed E-state index contributed by atoms with van der Waals surface area (Å²) in [7, 11) is 0. The molecule has 0 spiro atoms. The molecule has 6 nitrogen and oxygen atoms in total. The SMILES string of the molecule is CCCCCCC=NNC(=O)CCCCCCC(=O)NN=CCCCCCC. The van der Waals surface area contributed by atoms with Crippen LogP contribution in [0.2, 0.25) is 0 Å². The molecule has 0 aromatic carbocycles. The number of amides is 2. The molecule has 2 amide bonds. The Balaban J connectivity index is 3.43. The zero-order valence-corrected chi connectivity index (χ0v) is 18.2. The molecule has 0 heterocycles. The molecule has 0 aliphatic carbocycles. The number of rotatable bonds is 19. The molecule has 0 aromatic rings. The largest absolute Gasteiger partial charge is 0.273 e. The molecular weight excluding hydrogens is 352 g/mol. The molecule has 0 aliphatic heterocycles. The first kappa shape index (κ1) is 26.3. The Hall–Kier alpha value is -1.72. The summed E-state index contributed by atoms with van der Waals surface area (Å²) >= 11 is 0. The lowest BCUT2D eigenvalue weighted by molar-refractivity contribution is -0.122. The number of unbranched alkanes of at least 4 members (excludes halogenated alkanes) is 11. The number of carbonyl (C=O) groups is 2. The van der Waals surface area contributed by atoms with Gasteiger partial charge in [-0.2, -0.15) is 10.2 Å². The molecule has 0 unspecified atom stereocenters. The highest BCUT2D eigenvalue weighted by Gasteiger charge is 2.01. The van der Waals surface area contributed by atoms with E-state index in [0.717, 1.165) is 51.4 Å². The quantitative estimate of drug-likeness (QED) is 0.173. The van der Waals surface area contributed by atoms with E-state index in [2.05, 4.69) is 34.9 Å². The van der Waals surface area contributed by atoms with Crippen molar-refractivity contribution in [1.29, 1.82) is 0 Å². The highest BCUT2D eigenvalue weighted by molar-refractivity contribution is 5.77. The molecule has 2 N–H and O–H groups in total. The molecule has 0 atom stereocenters. The molecule has 0 saturated carbocycles. The lowest BCUT2D eigenvalue weighted by Gasteiger charge is -2.02. The van der Waals surface area contributed by atoms with Crippen molar-refractivity contribution < 1.29 is 9.59 Å². The van der Waals surface area contributed by atoms with Gasteiger partial charge < -0.3 is 0 Å². The summed E-state index contributed by atoms with van der Waals surface area (Å²) in [6.07, 6.45) is 19.6. The van der Waals surface area contributed by atoms with Gasteiger partial charge in [0.05, 0.1) is 0 Å². The third-order valence-corrected chi connectivity index (χ3v) is 4.49. The van der Waals surface area contributed by atoms with E-state index >= 15 is 0 Å². The van der Waals surface area contributed by atoms with Crippen LogP contribution in [0.5, 0.6) is 0 Å². The Morgan fingerprint density at radius 1 is 0.607 bits per heavy atom. The van der Waals surface area contributed by atoms with E-state index in [1.807, 2.05) is 0 Å². The topological polar surface area (TPSA) is 82.9 Å². The van der Waals surface area contributed by atoms with E-state index in [1.165, 1.54) is 38.5 Å². The van der Waals surface area contributed by atoms with Crippen LogP contribution in [0.25, 0.3) is 0 Å². The van der Waals surface area contributed by atoms with Crippen molar-refractivity contribution in [3.05, 3.63) is 0 Å². The van der Waals surface area contributed by atoms with E-state index in [0.29, 0.717) is 12.8 Å². The average Bonchev–Trinajstić information content (AvgIpc) is 2.69. The first-order valence-corrected chi connectivity index (χ1v) is 11.3. The minimum atomic E-state index is -0.0316. The van der Waals surface area contributed by atoms with Crippen molar-refractivity contribution in [2.75, 3.05) is 0 Å². The van der Waals surface area contributed by atoms with E-state index < -0.39 is 0 Å². The third kappa shape index (κ3) is 20.6. The van der Waals surface area contributed by atoms with Gasteiger partial charge >= 0.3 is 0 Å². The van der Waals surface area contributed by atoms with Crippen molar-refractivity contribution in [1.82, 2.24) is 10.9 Å². The van der Waals surface area contributed by atoms with Crippen LogP contribution in [0.15, 0.2) is 10.2 Å². The van der Waals surface area contributed by atoms with Gasteiger partial charge in [-0.15, -0.1) is 0 Å².